The molecule has 3 rings (SSSR count). The first-order chi connectivity index (χ1) is 9.72. The van der Waals surface area contributed by atoms with Crippen molar-refractivity contribution in [2.24, 2.45) is 0 Å². The van der Waals surface area contributed by atoms with Gasteiger partial charge in [-0.1, -0.05) is 18.2 Å². The van der Waals surface area contributed by atoms with Gasteiger partial charge in [0.05, 0.1) is 6.54 Å². The van der Waals surface area contributed by atoms with Gasteiger partial charge >= 0.3 is 0 Å². The number of rotatable bonds is 2. The van der Waals surface area contributed by atoms with Gasteiger partial charge in [0.1, 0.15) is 24.7 Å². The Balaban J connectivity index is 1.72. The van der Waals surface area contributed by atoms with E-state index in [4.69, 9.17) is 10.5 Å². The van der Waals surface area contributed by atoms with E-state index in [0.717, 1.165) is 11.3 Å². The van der Waals surface area contributed by atoms with E-state index in [0.29, 0.717) is 25.5 Å². The number of hydrogen-bond donors (Lipinski definition) is 1. The number of nitrogens with two attached hydrogens (primary N) is 1. The van der Waals surface area contributed by atoms with Crippen LogP contribution in [-0.4, -0.2) is 33.7 Å². The molecule has 0 saturated heterocycles. The molecule has 0 unspecified atom stereocenters. The number of amides is 1. The highest BCUT2D eigenvalue weighted by molar-refractivity contribution is 5.76. The summed E-state index contributed by atoms with van der Waals surface area (Å²) in [7, 11) is 0. The second-order valence-electron chi connectivity index (χ2n) is 4.71. The van der Waals surface area contributed by atoms with Crippen molar-refractivity contribution in [3.63, 3.8) is 0 Å². The molecule has 0 saturated carbocycles. The summed E-state index contributed by atoms with van der Waals surface area (Å²) < 4.78 is 7.20. The zero-order valence-corrected chi connectivity index (χ0v) is 11.0. The lowest BCUT2D eigenvalue weighted by Crippen LogP contribution is -2.35. The predicted octanol–water partition coefficient (Wildman–Crippen LogP) is 0.886. The lowest BCUT2D eigenvalue weighted by Gasteiger charge is -2.19. The number of nitrogen functional groups attached to an aromatic ring is 1. The Morgan fingerprint density at radius 2 is 2.20 bits per heavy atom. The molecule has 1 aliphatic heterocycles. The SMILES string of the molecule is Nc1ccn(CC(=O)N2CCOc3ccccc3C2)n1. The molecular formula is C14H16N4O2. The molecule has 0 spiro atoms. The average Bonchev–Trinajstić information content (AvgIpc) is 2.74. The van der Waals surface area contributed by atoms with Gasteiger partial charge in [-0.3, -0.25) is 9.48 Å². The van der Waals surface area contributed by atoms with E-state index >= 15 is 0 Å². The van der Waals surface area contributed by atoms with Gasteiger partial charge in [-0.05, 0) is 12.1 Å². The number of aromatic nitrogens is 2. The minimum absolute atomic E-state index is 0.00778. The maximum atomic E-state index is 12.3. The van der Waals surface area contributed by atoms with Crippen LogP contribution in [0.5, 0.6) is 5.75 Å². The number of nitrogens with zero attached hydrogens (tertiary/aromatic N) is 3. The summed E-state index contributed by atoms with van der Waals surface area (Å²) in [5.41, 5.74) is 6.57. The first kappa shape index (κ1) is 12.5. The highest BCUT2D eigenvalue weighted by Gasteiger charge is 2.19. The topological polar surface area (TPSA) is 73.4 Å². The van der Waals surface area contributed by atoms with Crippen LogP contribution in [-0.2, 0) is 17.9 Å². The van der Waals surface area contributed by atoms with Crippen LogP contribution >= 0.6 is 0 Å². The van der Waals surface area contributed by atoms with Crippen molar-refractivity contribution in [3.8, 4) is 5.75 Å². The molecule has 1 aliphatic rings. The van der Waals surface area contributed by atoms with E-state index in [1.807, 2.05) is 24.3 Å². The van der Waals surface area contributed by atoms with Gasteiger partial charge < -0.3 is 15.4 Å². The summed E-state index contributed by atoms with van der Waals surface area (Å²) in [5, 5.41) is 4.03. The van der Waals surface area contributed by atoms with Gasteiger partial charge in [-0.15, -0.1) is 0 Å². The van der Waals surface area contributed by atoms with Crippen molar-refractivity contribution in [1.29, 1.82) is 0 Å². The molecule has 0 atom stereocenters. The summed E-state index contributed by atoms with van der Waals surface area (Å²) in [5.74, 6) is 1.28. The maximum Gasteiger partial charge on any atom is 0.244 e. The van der Waals surface area contributed by atoms with Crippen molar-refractivity contribution < 1.29 is 9.53 Å². The Morgan fingerprint density at radius 3 is 3.00 bits per heavy atom. The first-order valence-corrected chi connectivity index (χ1v) is 6.50. The number of fused-ring (bicyclic) bond motifs is 1. The molecule has 0 bridgehead atoms. The van der Waals surface area contributed by atoms with Gasteiger partial charge in [0.2, 0.25) is 5.91 Å². The van der Waals surface area contributed by atoms with Crippen LogP contribution in [0.3, 0.4) is 0 Å². The van der Waals surface area contributed by atoms with E-state index in [1.165, 1.54) is 0 Å². The molecule has 1 amide bonds. The Bertz CT molecular complexity index is 623. The minimum Gasteiger partial charge on any atom is -0.491 e. The number of para-hydroxylation sites is 1. The molecule has 6 heteroatoms. The van der Waals surface area contributed by atoms with Crippen LogP contribution in [0, 0.1) is 0 Å². The Kier molecular flexibility index (Phi) is 3.28. The maximum absolute atomic E-state index is 12.3. The molecule has 2 heterocycles. The molecule has 0 fully saturated rings. The minimum atomic E-state index is 0.00778. The largest absolute Gasteiger partial charge is 0.491 e. The fourth-order valence-corrected chi connectivity index (χ4v) is 2.24. The number of ether oxygens (including phenoxy) is 1. The lowest BCUT2D eigenvalue weighted by molar-refractivity contribution is -0.132. The van der Waals surface area contributed by atoms with Crippen molar-refractivity contribution >= 4 is 11.7 Å². The van der Waals surface area contributed by atoms with Crippen molar-refractivity contribution in [2.45, 2.75) is 13.1 Å². The van der Waals surface area contributed by atoms with Crippen molar-refractivity contribution in [1.82, 2.24) is 14.7 Å². The zero-order valence-electron chi connectivity index (χ0n) is 11.0. The van der Waals surface area contributed by atoms with E-state index < -0.39 is 0 Å². The quantitative estimate of drug-likeness (QED) is 0.881. The normalized spacial score (nSPS) is 14.3. The van der Waals surface area contributed by atoms with Crippen LogP contribution in [0.4, 0.5) is 5.82 Å². The van der Waals surface area contributed by atoms with E-state index in [2.05, 4.69) is 5.10 Å². The highest BCUT2D eigenvalue weighted by Crippen LogP contribution is 2.22. The summed E-state index contributed by atoms with van der Waals surface area (Å²) in [6, 6.07) is 9.46. The van der Waals surface area contributed by atoms with Crippen LogP contribution in [0.1, 0.15) is 5.56 Å². The molecule has 20 heavy (non-hydrogen) atoms. The van der Waals surface area contributed by atoms with Crippen molar-refractivity contribution in [2.75, 3.05) is 18.9 Å². The second kappa shape index (κ2) is 5.24. The van der Waals surface area contributed by atoms with Crippen LogP contribution < -0.4 is 10.5 Å². The van der Waals surface area contributed by atoms with Gasteiger partial charge in [-0.2, -0.15) is 5.10 Å². The molecule has 0 aliphatic carbocycles. The van der Waals surface area contributed by atoms with Crippen molar-refractivity contribution in [3.05, 3.63) is 42.1 Å². The molecule has 1 aromatic heterocycles. The predicted molar refractivity (Wildman–Crippen MR) is 74.0 cm³/mol. The summed E-state index contributed by atoms with van der Waals surface area (Å²) in [4.78, 5) is 14.1. The van der Waals surface area contributed by atoms with E-state index in [-0.39, 0.29) is 12.5 Å². The smallest absolute Gasteiger partial charge is 0.244 e. The molecular weight excluding hydrogens is 256 g/mol. The van der Waals surface area contributed by atoms with Crippen LogP contribution in [0.2, 0.25) is 0 Å². The average molecular weight is 272 g/mol. The molecule has 104 valence electrons. The molecule has 2 aromatic rings. The van der Waals surface area contributed by atoms with Gasteiger partial charge in [-0.25, -0.2) is 0 Å². The first-order valence-electron chi connectivity index (χ1n) is 6.50. The fourth-order valence-electron chi connectivity index (χ4n) is 2.24. The number of carbonyl (C=O) groups is 1. The number of hydrogen-bond acceptors (Lipinski definition) is 4. The third-order valence-corrected chi connectivity index (χ3v) is 3.26. The standard InChI is InChI=1S/C14H16N4O2/c15-13-5-6-18(16-13)10-14(19)17-7-8-20-12-4-2-1-3-11(12)9-17/h1-6H,7-10H2,(H2,15,16). The number of benzene rings is 1. The Labute approximate surface area is 116 Å². The summed E-state index contributed by atoms with van der Waals surface area (Å²) in [6.07, 6.45) is 1.70. The second-order valence-corrected chi connectivity index (χ2v) is 4.71. The molecule has 2 N–H and O–H groups in total. The van der Waals surface area contributed by atoms with Gasteiger partial charge in [0, 0.05) is 18.3 Å². The Hall–Kier alpha value is -2.50. The lowest BCUT2D eigenvalue weighted by atomic mass is 10.2. The fraction of sp³-hybridized carbons (Fsp3) is 0.286. The zero-order chi connectivity index (χ0) is 13.9. The summed E-state index contributed by atoms with van der Waals surface area (Å²) in [6.45, 7) is 1.83. The number of carbonyl (C=O) groups excluding carboxylic acids is 1. The van der Waals surface area contributed by atoms with Gasteiger partial charge in [0.15, 0.2) is 0 Å². The Morgan fingerprint density at radius 1 is 1.35 bits per heavy atom. The highest BCUT2D eigenvalue weighted by atomic mass is 16.5. The van der Waals surface area contributed by atoms with Crippen LogP contribution in [0.25, 0.3) is 0 Å². The van der Waals surface area contributed by atoms with Gasteiger partial charge in [0.25, 0.3) is 0 Å². The molecule has 1 aromatic carbocycles. The molecule has 0 radical (unpaired) electrons. The van der Waals surface area contributed by atoms with Crippen LogP contribution in [0.15, 0.2) is 36.5 Å². The molecule has 6 nitrogen and oxygen atoms in total. The third-order valence-electron chi connectivity index (χ3n) is 3.26. The number of anilines is 1. The van der Waals surface area contributed by atoms with E-state index in [1.54, 1.807) is 21.8 Å². The third kappa shape index (κ3) is 2.59. The van der Waals surface area contributed by atoms with E-state index in [9.17, 15) is 4.79 Å². The monoisotopic (exact) mass is 272 g/mol. The summed E-state index contributed by atoms with van der Waals surface area (Å²) >= 11 is 0.